The molecular weight excluding hydrogens is 246 g/mol. The summed E-state index contributed by atoms with van der Waals surface area (Å²) in [7, 11) is 0. The molecule has 0 rings (SSSR count). The maximum absolute atomic E-state index is 8.84. The molecule has 0 unspecified atom stereocenters. The third-order valence-electron chi connectivity index (χ3n) is 3.43. The lowest BCUT2D eigenvalue weighted by Crippen LogP contribution is -1.89. The van der Waals surface area contributed by atoms with Gasteiger partial charge in [-0.2, -0.15) is 5.26 Å². The number of nitrogens with zero attached hydrogens (tertiary/aromatic N) is 3. The molecule has 0 heterocycles. The van der Waals surface area contributed by atoms with E-state index in [4.69, 9.17) is 17.1 Å². The second-order valence-electron chi connectivity index (χ2n) is 5.09. The highest BCUT2D eigenvalue weighted by Crippen LogP contribution is 2.18. The first-order valence-corrected chi connectivity index (χ1v) is 7.66. The third-order valence-corrected chi connectivity index (χ3v) is 3.43. The van der Waals surface area contributed by atoms with E-state index in [9.17, 15) is 0 Å². The van der Waals surface area contributed by atoms with Crippen molar-refractivity contribution in [3.63, 3.8) is 0 Å². The Bertz CT molecular complexity index is 385. The second-order valence-corrected chi connectivity index (χ2v) is 5.09. The van der Waals surface area contributed by atoms with Crippen molar-refractivity contribution in [3.05, 3.63) is 22.7 Å². The molecule has 0 N–H and O–H groups in total. The lowest BCUT2D eigenvalue weighted by Gasteiger charge is -2.04. The molecule has 0 fully saturated rings. The Morgan fingerprint density at radius 3 is 1.95 bits per heavy atom. The van der Waals surface area contributed by atoms with Crippen LogP contribution in [-0.4, -0.2) is 0 Å². The molecule has 3 nitrogen and oxygen atoms in total. The Balaban J connectivity index is 3.77. The monoisotopic (exact) mass is 271 g/mol. The molecule has 0 aliphatic heterocycles. The molecule has 0 aliphatic carbocycles. The van der Waals surface area contributed by atoms with Crippen molar-refractivity contribution in [1.82, 2.24) is 0 Å². The Morgan fingerprint density at radius 1 is 0.950 bits per heavy atom. The van der Waals surface area contributed by atoms with Gasteiger partial charge in [-0.05, 0) is 12.0 Å². The van der Waals surface area contributed by atoms with E-state index in [-0.39, 0.29) is 12.1 Å². The van der Waals surface area contributed by atoms with Gasteiger partial charge in [0.15, 0.2) is 0 Å². The largest absolute Gasteiger partial charge is 0.262 e. The number of nitriles is 2. The quantitative estimate of drug-likeness (QED) is 0.282. The molecule has 0 saturated heterocycles. The van der Waals surface area contributed by atoms with Crippen LogP contribution in [0.15, 0.2) is 11.3 Å². The summed E-state index contributed by atoms with van der Waals surface area (Å²) in [5, 5.41) is 17.6. The number of allylic oxidation sites excluding steroid dienone is 2. The Kier molecular flexibility index (Phi) is 12.4. The Labute approximate surface area is 123 Å². The van der Waals surface area contributed by atoms with Crippen molar-refractivity contribution in [2.75, 3.05) is 0 Å². The number of unbranched alkanes of at least 4 members (excludes halogenated alkanes) is 8. The molecule has 20 heavy (non-hydrogen) atoms. The maximum Gasteiger partial charge on any atom is 0.262 e. The molecule has 0 aromatic heterocycles. The lowest BCUT2D eigenvalue weighted by atomic mass is 10.0. The van der Waals surface area contributed by atoms with Crippen molar-refractivity contribution in [2.24, 2.45) is 0 Å². The van der Waals surface area contributed by atoms with Gasteiger partial charge in [-0.15, -0.1) is 0 Å². The van der Waals surface area contributed by atoms with Crippen LogP contribution in [0.2, 0.25) is 0 Å². The molecule has 0 saturated carbocycles. The molecule has 108 valence electrons. The van der Waals surface area contributed by atoms with Crippen LogP contribution in [0.3, 0.4) is 0 Å². The van der Waals surface area contributed by atoms with Crippen molar-refractivity contribution in [2.45, 2.75) is 77.6 Å². The fraction of sp³-hybridized carbons (Fsp3) is 0.706. The summed E-state index contributed by atoms with van der Waals surface area (Å²) in [4.78, 5) is 3.20. The van der Waals surface area contributed by atoms with Gasteiger partial charge < -0.3 is 0 Å². The predicted molar refractivity (Wildman–Crippen MR) is 81.3 cm³/mol. The van der Waals surface area contributed by atoms with Gasteiger partial charge in [-0.1, -0.05) is 64.7 Å². The molecule has 0 amide bonds. The molecule has 0 aliphatic rings. The standard InChI is InChI=1S/C17H25N3/c1-3-4-5-6-7-8-9-10-11-12-16(13-14-18)17(15-19)20-2/h3-13H2,1H3. The van der Waals surface area contributed by atoms with Gasteiger partial charge in [0.1, 0.15) is 0 Å². The van der Waals surface area contributed by atoms with Crippen LogP contribution in [0.1, 0.15) is 77.6 Å². The lowest BCUT2D eigenvalue weighted by molar-refractivity contribution is 0.563. The summed E-state index contributed by atoms with van der Waals surface area (Å²) < 4.78 is 0. The molecule has 0 atom stereocenters. The summed E-state index contributed by atoms with van der Waals surface area (Å²) >= 11 is 0. The van der Waals surface area contributed by atoms with Crippen molar-refractivity contribution >= 4 is 0 Å². The minimum atomic E-state index is 0.117. The summed E-state index contributed by atoms with van der Waals surface area (Å²) in [6.07, 6.45) is 12.1. The smallest absolute Gasteiger partial charge is 0.227 e. The fourth-order valence-electron chi connectivity index (χ4n) is 2.22. The second kappa shape index (κ2) is 13.6. The first kappa shape index (κ1) is 18.2. The van der Waals surface area contributed by atoms with E-state index in [0.29, 0.717) is 12.0 Å². The van der Waals surface area contributed by atoms with E-state index in [1.165, 1.54) is 44.9 Å². The van der Waals surface area contributed by atoms with Gasteiger partial charge in [0, 0.05) is 6.42 Å². The summed E-state index contributed by atoms with van der Waals surface area (Å²) in [5.41, 5.74) is 0.832. The molecule has 0 bridgehead atoms. The topological polar surface area (TPSA) is 51.9 Å². The minimum Gasteiger partial charge on any atom is -0.227 e. The Morgan fingerprint density at radius 2 is 1.50 bits per heavy atom. The molecular formula is C17H25N3. The van der Waals surface area contributed by atoms with Crippen molar-refractivity contribution in [3.8, 4) is 12.1 Å². The highest BCUT2D eigenvalue weighted by molar-refractivity contribution is 5.34. The number of rotatable bonds is 11. The molecule has 0 aromatic carbocycles. The van der Waals surface area contributed by atoms with E-state index in [0.717, 1.165) is 12.8 Å². The summed E-state index contributed by atoms with van der Waals surface area (Å²) in [5.74, 6) is 0. The first-order chi connectivity index (χ1) is 9.79. The zero-order chi connectivity index (χ0) is 15.1. The van der Waals surface area contributed by atoms with E-state index >= 15 is 0 Å². The van der Waals surface area contributed by atoms with Crippen LogP contribution in [0.5, 0.6) is 0 Å². The third kappa shape index (κ3) is 9.18. The van der Waals surface area contributed by atoms with Crippen LogP contribution < -0.4 is 0 Å². The van der Waals surface area contributed by atoms with Crippen LogP contribution in [0.25, 0.3) is 4.85 Å². The van der Waals surface area contributed by atoms with Crippen molar-refractivity contribution in [1.29, 1.82) is 10.5 Å². The van der Waals surface area contributed by atoms with E-state index in [1.54, 1.807) is 0 Å². The first-order valence-electron chi connectivity index (χ1n) is 7.66. The van der Waals surface area contributed by atoms with Gasteiger partial charge in [-0.25, -0.2) is 10.1 Å². The average Bonchev–Trinajstić information content (AvgIpc) is 2.46. The van der Waals surface area contributed by atoms with E-state index < -0.39 is 0 Å². The molecule has 3 heteroatoms. The number of hydrogen-bond acceptors (Lipinski definition) is 2. The Hall–Kier alpha value is -1.79. The van der Waals surface area contributed by atoms with Crippen LogP contribution in [-0.2, 0) is 0 Å². The van der Waals surface area contributed by atoms with Gasteiger partial charge in [0.05, 0.1) is 18.7 Å². The maximum atomic E-state index is 8.84. The van der Waals surface area contributed by atoms with Gasteiger partial charge in [0.25, 0.3) is 5.70 Å². The highest BCUT2D eigenvalue weighted by Gasteiger charge is 2.06. The summed E-state index contributed by atoms with van der Waals surface area (Å²) in [6.45, 7) is 9.16. The molecule has 0 spiro atoms. The number of hydrogen-bond donors (Lipinski definition) is 0. The zero-order valence-electron chi connectivity index (χ0n) is 12.6. The van der Waals surface area contributed by atoms with Crippen LogP contribution >= 0.6 is 0 Å². The SMILES string of the molecule is [C-]#[N+]C(C#N)=C(CC#N)CCCCCCCCCCC. The van der Waals surface area contributed by atoms with Crippen LogP contribution in [0, 0.1) is 29.2 Å². The zero-order valence-corrected chi connectivity index (χ0v) is 12.6. The van der Waals surface area contributed by atoms with Gasteiger partial charge in [0.2, 0.25) is 0 Å². The van der Waals surface area contributed by atoms with E-state index in [2.05, 4.69) is 11.8 Å². The fourth-order valence-corrected chi connectivity index (χ4v) is 2.22. The highest BCUT2D eigenvalue weighted by atomic mass is 14.7. The molecule has 0 aromatic rings. The van der Waals surface area contributed by atoms with Gasteiger partial charge >= 0.3 is 0 Å². The van der Waals surface area contributed by atoms with Crippen LogP contribution in [0.4, 0.5) is 0 Å². The van der Waals surface area contributed by atoms with Gasteiger partial charge in [-0.3, -0.25) is 0 Å². The normalized spacial score (nSPS) is 11.1. The van der Waals surface area contributed by atoms with E-state index in [1.807, 2.05) is 12.1 Å². The average molecular weight is 271 g/mol. The summed E-state index contributed by atoms with van der Waals surface area (Å²) in [6, 6.07) is 3.94. The van der Waals surface area contributed by atoms with Crippen molar-refractivity contribution < 1.29 is 0 Å². The molecule has 0 radical (unpaired) electrons. The minimum absolute atomic E-state index is 0.117. The predicted octanol–water partition coefficient (Wildman–Crippen LogP) is 5.52.